The highest BCUT2D eigenvalue weighted by Crippen LogP contribution is 2.33. The number of hydrogen-bond donors (Lipinski definition) is 3. The van der Waals surface area contributed by atoms with E-state index in [-0.39, 0.29) is 12.5 Å². The van der Waals surface area contributed by atoms with Gasteiger partial charge >= 0.3 is 0 Å². The number of halogens is 1. The fourth-order valence-electron chi connectivity index (χ4n) is 4.52. The summed E-state index contributed by atoms with van der Waals surface area (Å²) in [5.74, 6) is -0.0522. The molecule has 0 saturated heterocycles. The van der Waals surface area contributed by atoms with E-state index in [0.717, 1.165) is 22.0 Å². The topological polar surface area (TPSA) is 142 Å². The molecule has 2 aromatic carbocycles. The van der Waals surface area contributed by atoms with Gasteiger partial charge < -0.3 is 10.3 Å². The monoisotopic (exact) mass is 520 g/mol. The molecule has 0 aliphatic rings. The zero-order chi connectivity index (χ0) is 26.9. The molecule has 0 saturated carbocycles. The van der Waals surface area contributed by atoms with Gasteiger partial charge in [0.05, 0.1) is 34.6 Å². The second-order valence-corrected chi connectivity index (χ2v) is 9.00. The summed E-state index contributed by atoms with van der Waals surface area (Å²) in [6.07, 6.45) is 6.97. The van der Waals surface area contributed by atoms with Crippen LogP contribution in [0.4, 0.5) is 10.1 Å². The van der Waals surface area contributed by atoms with E-state index in [1.165, 1.54) is 12.1 Å². The summed E-state index contributed by atoms with van der Waals surface area (Å²) in [6.45, 7) is 1.66. The number of fused-ring (bicyclic) bond motifs is 2. The van der Waals surface area contributed by atoms with Crippen LogP contribution in [0.5, 0.6) is 0 Å². The molecule has 0 aliphatic heterocycles. The molecule has 10 nitrogen and oxygen atoms in total. The number of hydrogen-bond acceptors (Lipinski definition) is 7. The lowest BCUT2D eigenvalue weighted by Crippen LogP contribution is -2.09. The van der Waals surface area contributed by atoms with E-state index in [2.05, 4.69) is 35.6 Å². The fourth-order valence-corrected chi connectivity index (χ4v) is 4.52. The maximum absolute atomic E-state index is 14.3. The van der Waals surface area contributed by atoms with Crippen molar-refractivity contribution in [1.82, 2.24) is 30.1 Å². The lowest BCUT2D eigenvalue weighted by Gasteiger charge is -2.06. The zero-order valence-electron chi connectivity index (χ0n) is 20.7. The Kier molecular flexibility index (Phi) is 6.08. The van der Waals surface area contributed by atoms with Crippen molar-refractivity contribution in [3.8, 4) is 33.8 Å². The van der Waals surface area contributed by atoms with Gasteiger partial charge in [0.25, 0.3) is 0 Å². The summed E-state index contributed by atoms with van der Waals surface area (Å²) in [5.41, 5.74) is 6.61. The van der Waals surface area contributed by atoms with Gasteiger partial charge in [0.1, 0.15) is 18.1 Å². The van der Waals surface area contributed by atoms with Gasteiger partial charge in [0.15, 0.2) is 5.82 Å². The highest BCUT2D eigenvalue weighted by atomic mass is 19.1. The molecule has 6 rings (SSSR count). The van der Waals surface area contributed by atoms with Gasteiger partial charge in [0.2, 0.25) is 5.91 Å². The first-order chi connectivity index (χ1) is 19.0. The Balaban J connectivity index is 1.42. The van der Waals surface area contributed by atoms with E-state index < -0.39 is 5.82 Å². The molecular formula is C28H21FN8O2. The van der Waals surface area contributed by atoms with Gasteiger partial charge in [-0.2, -0.15) is 10.0 Å². The Morgan fingerprint density at radius 1 is 0.974 bits per heavy atom. The molecule has 0 unspecified atom stereocenters. The average Bonchev–Trinajstić information content (AvgIpc) is 3.56. The number of carbonyl (C=O) groups excluding carboxylic acids is 1. The number of H-pyrrole nitrogens is 2. The predicted molar refractivity (Wildman–Crippen MR) is 146 cm³/mol. The largest absolute Gasteiger partial charge is 0.335 e. The first kappa shape index (κ1) is 24.0. The number of aromatic amines is 2. The number of nitroso groups, excluding NO2 is 1. The molecule has 192 valence electrons. The minimum atomic E-state index is -0.474. The second-order valence-electron chi connectivity index (χ2n) is 9.00. The van der Waals surface area contributed by atoms with E-state index in [0.29, 0.717) is 51.4 Å². The van der Waals surface area contributed by atoms with Crippen molar-refractivity contribution in [2.75, 3.05) is 5.32 Å². The van der Waals surface area contributed by atoms with E-state index in [1.54, 1.807) is 37.8 Å². The first-order valence-electron chi connectivity index (χ1n) is 12.2. The molecule has 4 aromatic heterocycles. The van der Waals surface area contributed by atoms with Gasteiger partial charge in [-0.25, -0.2) is 9.37 Å². The lowest BCUT2D eigenvalue weighted by atomic mass is 10.0. The van der Waals surface area contributed by atoms with Gasteiger partial charge in [-0.05, 0) is 53.1 Å². The van der Waals surface area contributed by atoms with E-state index in [9.17, 15) is 14.1 Å². The molecule has 0 spiro atoms. The molecule has 4 heterocycles. The summed E-state index contributed by atoms with van der Waals surface area (Å²) in [7, 11) is 0. The standard InChI is InChI=1S/C28H21FN8O2/c1-2-25(38)33-20-8-18(11-30-12-20)16-3-4-23-21(9-16)27(37-36-23)28-34-24-14-31-13-22(26(24)35-28)17-5-15(10-32-39)6-19(29)7-17/h3-9,11-14H,2,10H2,1H3,(H,33,38)(H,34,35)(H,36,37). The van der Waals surface area contributed by atoms with Crippen LogP contribution in [0.25, 0.3) is 55.7 Å². The lowest BCUT2D eigenvalue weighted by molar-refractivity contribution is -0.115. The SMILES string of the molecule is CCC(=O)Nc1cncc(-c2ccc3[nH]nc(-c4nc5c(-c6cc(F)cc(CN=O)c6)cncc5[nH]4)c3c2)c1. The molecule has 0 radical (unpaired) electrons. The normalized spacial score (nSPS) is 11.2. The number of nitrogens with one attached hydrogen (secondary N) is 3. The fraction of sp³-hybridized carbons (Fsp3) is 0.107. The van der Waals surface area contributed by atoms with Gasteiger partial charge in [0, 0.05) is 35.3 Å². The number of anilines is 1. The molecule has 1 amide bonds. The zero-order valence-corrected chi connectivity index (χ0v) is 20.7. The van der Waals surface area contributed by atoms with Crippen LogP contribution < -0.4 is 5.32 Å². The highest BCUT2D eigenvalue weighted by Gasteiger charge is 2.17. The second kappa shape index (κ2) is 9.86. The number of pyridine rings is 2. The maximum atomic E-state index is 14.3. The van der Waals surface area contributed by atoms with Crippen molar-refractivity contribution in [3.63, 3.8) is 0 Å². The van der Waals surface area contributed by atoms with Crippen LogP contribution in [0.3, 0.4) is 0 Å². The number of rotatable bonds is 7. The molecule has 39 heavy (non-hydrogen) atoms. The van der Waals surface area contributed by atoms with Crippen LogP contribution in [-0.2, 0) is 11.3 Å². The van der Waals surface area contributed by atoms with Crippen LogP contribution in [-0.4, -0.2) is 36.0 Å². The summed E-state index contributed by atoms with van der Waals surface area (Å²) in [5, 5.41) is 14.1. The smallest absolute Gasteiger partial charge is 0.224 e. The number of carbonyl (C=O) groups is 1. The number of imidazole rings is 1. The van der Waals surface area contributed by atoms with Gasteiger partial charge in [-0.15, -0.1) is 0 Å². The van der Waals surface area contributed by atoms with E-state index in [1.807, 2.05) is 24.3 Å². The van der Waals surface area contributed by atoms with Crippen molar-refractivity contribution in [2.45, 2.75) is 19.9 Å². The van der Waals surface area contributed by atoms with Gasteiger partial charge in [-0.3, -0.25) is 19.9 Å². The molecule has 0 bridgehead atoms. The maximum Gasteiger partial charge on any atom is 0.224 e. The predicted octanol–water partition coefficient (Wildman–Crippen LogP) is 5.98. The van der Waals surface area contributed by atoms with Crippen LogP contribution in [0.15, 0.2) is 72.4 Å². The molecular weight excluding hydrogens is 499 g/mol. The average molecular weight is 521 g/mol. The third-order valence-corrected chi connectivity index (χ3v) is 6.37. The van der Waals surface area contributed by atoms with Crippen molar-refractivity contribution in [1.29, 1.82) is 0 Å². The molecule has 0 fully saturated rings. The Morgan fingerprint density at radius 3 is 2.69 bits per heavy atom. The summed E-state index contributed by atoms with van der Waals surface area (Å²) < 4.78 is 14.3. The number of aromatic nitrogens is 6. The third-order valence-electron chi connectivity index (χ3n) is 6.37. The van der Waals surface area contributed by atoms with Crippen molar-refractivity contribution >= 4 is 33.5 Å². The summed E-state index contributed by atoms with van der Waals surface area (Å²) >= 11 is 0. The highest BCUT2D eigenvalue weighted by molar-refractivity contribution is 5.98. The van der Waals surface area contributed by atoms with Crippen LogP contribution in [0.1, 0.15) is 18.9 Å². The molecule has 0 atom stereocenters. The Labute approximate surface area is 220 Å². The minimum absolute atomic E-state index is 0.0878. The van der Waals surface area contributed by atoms with Crippen LogP contribution in [0.2, 0.25) is 0 Å². The van der Waals surface area contributed by atoms with Crippen molar-refractivity contribution in [2.24, 2.45) is 5.18 Å². The summed E-state index contributed by atoms with van der Waals surface area (Å²) in [6, 6.07) is 12.1. The van der Waals surface area contributed by atoms with Crippen molar-refractivity contribution < 1.29 is 9.18 Å². The molecule has 6 aromatic rings. The molecule has 3 N–H and O–H groups in total. The Bertz CT molecular complexity index is 1880. The van der Waals surface area contributed by atoms with Crippen LogP contribution >= 0.6 is 0 Å². The number of nitrogens with zero attached hydrogens (tertiary/aromatic N) is 5. The molecule has 0 aliphatic carbocycles. The van der Waals surface area contributed by atoms with E-state index >= 15 is 0 Å². The van der Waals surface area contributed by atoms with Crippen LogP contribution in [0, 0.1) is 10.7 Å². The quantitative estimate of drug-likeness (QED) is 0.221. The van der Waals surface area contributed by atoms with E-state index in [4.69, 9.17) is 4.98 Å². The molecule has 11 heteroatoms. The van der Waals surface area contributed by atoms with Crippen molar-refractivity contribution in [3.05, 3.63) is 83.5 Å². The summed E-state index contributed by atoms with van der Waals surface area (Å²) in [4.78, 5) is 39.2. The number of amides is 1. The van der Waals surface area contributed by atoms with Gasteiger partial charge in [-0.1, -0.05) is 18.2 Å². The minimum Gasteiger partial charge on any atom is -0.335 e. The Morgan fingerprint density at radius 2 is 1.85 bits per heavy atom. The number of benzene rings is 2. The Hall–Kier alpha value is -5.32. The third kappa shape index (κ3) is 4.61. The first-order valence-corrected chi connectivity index (χ1v) is 12.2.